The molecule has 0 bridgehead atoms. The Balaban J connectivity index is 1.32. The van der Waals surface area contributed by atoms with Gasteiger partial charge < -0.3 is 14.2 Å². The van der Waals surface area contributed by atoms with E-state index >= 15 is 0 Å². The third-order valence-corrected chi connectivity index (χ3v) is 5.66. The van der Waals surface area contributed by atoms with Gasteiger partial charge in [-0.25, -0.2) is 9.59 Å². The van der Waals surface area contributed by atoms with Crippen LogP contribution in [0, 0.1) is 0 Å². The van der Waals surface area contributed by atoms with Gasteiger partial charge in [-0.15, -0.1) is 0 Å². The zero-order valence-electron chi connectivity index (χ0n) is 19.1. The van der Waals surface area contributed by atoms with Gasteiger partial charge in [0.15, 0.2) is 0 Å². The molecular formula is C28H32O5. The number of hydrogen-bond donors (Lipinski definition) is 0. The molecule has 1 fully saturated rings. The van der Waals surface area contributed by atoms with Crippen LogP contribution in [-0.4, -0.2) is 25.2 Å². The number of cyclic esters (lactones) is 1. The first-order valence-electron chi connectivity index (χ1n) is 11.6. The molecular weight excluding hydrogens is 416 g/mol. The SMILES string of the molecule is C=CC(=O)OCCCCCCCCOc1ccc(-c2ccc(C3CC(=C)C(=O)O3)cc2)cc1. The molecule has 0 aromatic heterocycles. The maximum atomic E-state index is 11.5. The molecule has 0 saturated carbocycles. The number of carbonyl (C=O) groups excluding carboxylic acids is 2. The molecule has 5 nitrogen and oxygen atoms in total. The van der Waals surface area contributed by atoms with E-state index in [0.29, 0.717) is 25.2 Å². The van der Waals surface area contributed by atoms with Crippen LogP contribution in [0.2, 0.25) is 0 Å². The van der Waals surface area contributed by atoms with E-state index in [1.54, 1.807) is 0 Å². The highest BCUT2D eigenvalue weighted by Gasteiger charge is 2.28. The lowest BCUT2D eigenvalue weighted by atomic mass is 10.00. The molecule has 0 N–H and O–H groups in total. The number of ether oxygens (including phenoxy) is 3. The van der Waals surface area contributed by atoms with Gasteiger partial charge in [0, 0.05) is 18.1 Å². The topological polar surface area (TPSA) is 61.8 Å². The van der Waals surface area contributed by atoms with Crippen molar-refractivity contribution in [3.8, 4) is 16.9 Å². The number of esters is 2. The minimum absolute atomic E-state index is 0.225. The molecule has 2 aromatic carbocycles. The lowest BCUT2D eigenvalue weighted by Gasteiger charge is -2.11. The smallest absolute Gasteiger partial charge is 0.334 e. The summed E-state index contributed by atoms with van der Waals surface area (Å²) in [4.78, 5) is 22.5. The van der Waals surface area contributed by atoms with Crippen molar-refractivity contribution in [3.63, 3.8) is 0 Å². The first kappa shape index (κ1) is 24.3. The van der Waals surface area contributed by atoms with Gasteiger partial charge >= 0.3 is 11.9 Å². The number of rotatable bonds is 13. The van der Waals surface area contributed by atoms with Crippen LogP contribution in [0.25, 0.3) is 11.1 Å². The van der Waals surface area contributed by atoms with Crippen LogP contribution in [-0.2, 0) is 19.1 Å². The highest BCUT2D eigenvalue weighted by Crippen LogP contribution is 2.33. The van der Waals surface area contributed by atoms with Crippen LogP contribution in [0.3, 0.4) is 0 Å². The number of hydrogen-bond acceptors (Lipinski definition) is 5. The molecule has 1 atom stereocenters. The summed E-state index contributed by atoms with van der Waals surface area (Å²) in [6, 6.07) is 16.2. The summed E-state index contributed by atoms with van der Waals surface area (Å²) < 4.78 is 16.2. The number of benzene rings is 2. The Bertz CT molecular complexity index is 927. The second-order valence-corrected chi connectivity index (χ2v) is 8.19. The first-order chi connectivity index (χ1) is 16.1. The highest BCUT2D eigenvalue weighted by molar-refractivity contribution is 5.90. The maximum Gasteiger partial charge on any atom is 0.334 e. The second-order valence-electron chi connectivity index (χ2n) is 8.19. The fourth-order valence-corrected chi connectivity index (χ4v) is 3.71. The van der Waals surface area contributed by atoms with Gasteiger partial charge in [-0.3, -0.25) is 0 Å². The van der Waals surface area contributed by atoms with Crippen molar-refractivity contribution >= 4 is 11.9 Å². The van der Waals surface area contributed by atoms with E-state index in [0.717, 1.165) is 61.0 Å². The molecule has 1 saturated heterocycles. The van der Waals surface area contributed by atoms with Crippen LogP contribution in [0.15, 0.2) is 73.3 Å². The van der Waals surface area contributed by atoms with E-state index < -0.39 is 0 Å². The summed E-state index contributed by atoms with van der Waals surface area (Å²) in [6.07, 6.45) is 7.92. The third kappa shape index (κ3) is 7.63. The monoisotopic (exact) mass is 448 g/mol. The van der Waals surface area contributed by atoms with Crippen molar-refractivity contribution < 1.29 is 23.8 Å². The largest absolute Gasteiger partial charge is 0.494 e. The van der Waals surface area contributed by atoms with Crippen LogP contribution < -0.4 is 4.74 Å². The summed E-state index contributed by atoms with van der Waals surface area (Å²) in [7, 11) is 0. The zero-order valence-corrected chi connectivity index (χ0v) is 19.1. The molecule has 1 aliphatic heterocycles. The second kappa shape index (κ2) is 12.6. The summed E-state index contributed by atoms with van der Waals surface area (Å²) in [6.45, 7) is 8.29. The molecule has 1 aliphatic rings. The Morgan fingerprint density at radius 1 is 0.909 bits per heavy atom. The molecule has 0 amide bonds. The summed E-state index contributed by atoms with van der Waals surface area (Å²) in [5, 5.41) is 0. The minimum atomic E-state index is -0.349. The van der Waals surface area contributed by atoms with Gasteiger partial charge in [0.1, 0.15) is 11.9 Å². The number of carbonyl (C=O) groups is 2. The predicted octanol–water partition coefficient (Wildman–Crippen LogP) is 6.35. The summed E-state index contributed by atoms with van der Waals surface area (Å²) in [5.41, 5.74) is 3.73. The van der Waals surface area contributed by atoms with Gasteiger partial charge in [0.25, 0.3) is 0 Å². The van der Waals surface area contributed by atoms with Crippen LogP contribution in [0.4, 0.5) is 0 Å². The van der Waals surface area contributed by atoms with Crippen LogP contribution in [0.5, 0.6) is 5.75 Å². The van der Waals surface area contributed by atoms with Crippen molar-refractivity contribution in [1.29, 1.82) is 0 Å². The van der Waals surface area contributed by atoms with E-state index in [-0.39, 0.29) is 18.0 Å². The van der Waals surface area contributed by atoms with Gasteiger partial charge in [-0.2, -0.15) is 0 Å². The van der Waals surface area contributed by atoms with Crippen LogP contribution in [0.1, 0.15) is 56.6 Å². The zero-order chi connectivity index (χ0) is 23.5. The molecule has 0 spiro atoms. The van der Waals surface area contributed by atoms with Gasteiger partial charge in [-0.05, 0) is 41.7 Å². The van der Waals surface area contributed by atoms with Gasteiger partial charge in [0.05, 0.1) is 13.2 Å². The van der Waals surface area contributed by atoms with E-state index in [1.807, 2.05) is 36.4 Å². The Hall–Kier alpha value is -3.34. The molecule has 1 heterocycles. The Labute approximate surface area is 196 Å². The standard InChI is InChI=1S/C28H32O5/c1-3-27(29)32-19-9-7-5-4-6-8-18-31-25-16-14-23(15-17-25)22-10-12-24(13-11-22)26-20-21(2)28(30)33-26/h3,10-17,26H,1-2,4-9,18-20H2. The normalized spacial score (nSPS) is 15.2. The predicted molar refractivity (Wildman–Crippen MR) is 129 cm³/mol. The minimum Gasteiger partial charge on any atom is -0.494 e. The molecule has 3 rings (SSSR count). The van der Waals surface area contributed by atoms with Gasteiger partial charge in [-0.1, -0.05) is 75.2 Å². The molecule has 33 heavy (non-hydrogen) atoms. The first-order valence-corrected chi connectivity index (χ1v) is 11.6. The fourth-order valence-electron chi connectivity index (χ4n) is 3.71. The van der Waals surface area contributed by atoms with E-state index in [4.69, 9.17) is 14.2 Å². The molecule has 1 unspecified atom stereocenters. The van der Waals surface area contributed by atoms with Crippen molar-refractivity contribution in [2.24, 2.45) is 0 Å². The third-order valence-electron chi connectivity index (χ3n) is 5.66. The van der Waals surface area contributed by atoms with Gasteiger partial charge in [0.2, 0.25) is 0 Å². The van der Waals surface area contributed by atoms with Crippen molar-refractivity contribution in [2.45, 2.75) is 51.0 Å². The highest BCUT2D eigenvalue weighted by atomic mass is 16.6. The summed E-state index contributed by atoms with van der Waals surface area (Å²) in [5.74, 6) is 0.220. The van der Waals surface area contributed by atoms with Crippen molar-refractivity contribution in [2.75, 3.05) is 13.2 Å². The molecule has 0 aliphatic carbocycles. The van der Waals surface area contributed by atoms with E-state index in [9.17, 15) is 9.59 Å². The van der Waals surface area contributed by atoms with E-state index in [2.05, 4.69) is 25.3 Å². The quantitative estimate of drug-likeness (QED) is 0.203. The summed E-state index contributed by atoms with van der Waals surface area (Å²) >= 11 is 0. The molecule has 174 valence electrons. The Morgan fingerprint density at radius 3 is 2.06 bits per heavy atom. The maximum absolute atomic E-state index is 11.5. The molecule has 5 heteroatoms. The average Bonchev–Trinajstić information content (AvgIpc) is 3.18. The van der Waals surface area contributed by atoms with Crippen molar-refractivity contribution in [1.82, 2.24) is 0 Å². The van der Waals surface area contributed by atoms with E-state index in [1.165, 1.54) is 6.08 Å². The Kier molecular flexibility index (Phi) is 9.31. The fraction of sp³-hybridized carbons (Fsp3) is 0.357. The van der Waals surface area contributed by atoms with Crippen molar-refractivity contribution in [3.05, 3.63) is 78.9 Å². The molecule has 2 aromatic rings. The number of unbranched alkanes of at least 4 members (excludes halogenated alkanes) is 5. The lowest BCUT2D eigenvalue weighted by molar-refractivity contribution is -0.139. The Morgan fingerprint density at radius 2 is 1.48 bits per heavy atom. The lowest BCUT2D eigenvalue weighted by Crippen LogP contribution is -2.01. The molecule has 0 radical (unpaired) electrons. The average molecular weight is 449 g/mol. The van der Waals surface area contributed by atoms with Crippen LogP contribution >= 0.6 is 0 Å².